The molecule has 0 atom stereocenters. The van der Waals surface area contributed by atoms with Crippen LogP contribution in [0.4, 0.5) is 4.39 Å². The summed E-state index contributed by atoms with van der Waals surface area (Å²) in [5.74, 6) is 5.90. The van der Waals surface area contributed by atoms with Crippen LogP contribution in [0.3, 0.4) is 0 Å². The lowest BCUT2D eigenvalue weighted by atomic mass is 9.89. The van der Waals surface area contributed by atoms with Crippen LogP contribution >= 0.6 is 0 Å². The zero-order chi connectivity index (χ0) is 18.2. The third kappa shape index (κ3) is 4.83. The summed E-state index contributed by atoms with van der Waals surface area (Å²) in [6.45, 7) is 8.02. The molecule has 2 aromatic rings. The van der Waals surface area contributed by atoms with Crippen molar-refractivity contribution in [3.05, 3.63) is 76.1 Å². The molecule has 0 saturated carbocycles. The topological polar surface area (TPSA) is 0 Å². The predicted octanol–water partition coefficient (Wildman–Crippen LogP) is 6.83. The molecular weight excluding hydrogens is 307 g/mol. The summed E-state index contributed by atoms with van der Waals surface area (Å²) in [5, 5.41) is 0. The molecule has 0 fully saturated rings. The highest BCUT2D eigenvalue weighted by Crippen LogP contribution is 2.31. The molecular formula is C24H27F. The molecule has 0 saturated heterocycles. The Hall–Kier alpha value is -2.33. The number of halogens is 1. The summed E-state index contributed by atoms with van der Waals surface area (Å²) in [6, 6.07) is 11.8. The van der Waals surface area contributed by atoms with Gasteiger partial charge >= 0.3 is 0 Å². The van der Waals surface area contributed by atoms with Crippen molar-refractivity contribution in [1.29, 1.82) is 0 Å². The van der Waals surface area contributed by atoms with E-state index in [9.17, 15) is 4.39 Å². The SMILES string of the molecule is CC.Cc1ccc(C#Cc2ccc(C)c(C3=CCCCC3)c2F)cc1. The van der Waals surface area contributed by atoms with Gasteiger partial charge in [-0.1, -0.05) is 55.5 Å². The van der Waals surface area contributed by atoms with E-state index in [4.69, 9.17) is 0 Å². The lowest BCUT2D eigenvalue weighted by Crippen LogP contribution is -2.00. The molecule has 0 amide bonds. The molecule has 0 N–H and O–H groups in total. The van der Waals surface area contributed by atoms with Crippen LogP contribution in [-0.4, -0.2) is 0 Å². The van der Waals surface area contributed by atoms with Gasteiger partial charge in [-0.25, -0.2) is 4.39 Å². The Balaban J connectivity index is 0.00000109. The standard InChI is InChI=1S/C22H21F.C2H6/c1-16-8-11-18(12-9-16)13-15-20-14-10-17(2)21(22(20)23)19-6-4-3-5-7-19;1-2/h6,8-12,14H,3-5,7H2,1-2H3;1-2H3. The Kier molecular flexibility index (Phi) is 7.02. The Labute approximate surface area is 151 Å². The van der Waals surface area contributed by atoms with E-state index in [1.54, 1.807) is 6.07 Å². The Bertz CT molecular complexity index is 798. The largest absolute Gasteiger partial charge is 0.205 e. The summed E-state index contributed by atoms with van der Waals surface area (Å²) in [5.41, 5.74) is 5.50. The van der Waals surface area contributed by atoms with Crippen molar-refractivity contribution in [3.8, 4) is 11.8 Å². The minimum atomic E-state index is -0.169. The van der Waals surface area contributed by atoms with E-state index in [0.29, 0.717) is 5.56 Å². The van der Waals surface area contributed by atoms with Gasteiger partial charge in [0.05, 0.1) is 5.56 Å². The number of allylic oxidation sites excluding steroid dienone is 2. The van der Waals surface area contributed by atoms with E-state index in [1.165, 1.54) is 12.0 Å². The average Bonchev–Trinajstić information content (AvgIpc) is 2.65. The monoisotopic (exact) mass is 334 g/mol. The molecule has 0 unspecified atom stereocenters. The lowest BCUT2D eigenvalue weighted by molar-refractivity contribution is 0.615. The minimum Gasteiger partial charge on any atom is -0.205 e. The fourth-order valence-electron chi connectivity index (χ4n) is 3.00. The molecule has 0 heterocycles. The third-order valence-electron chi connectivity index (χ3n) is 4.36. The first-order valence-electron chi connectivity index (χ1n) is 9.22. The fourth-order valence-corrected chi connectivity index (χ4v) is 3.00. The molecule has 0 bridgehead atoms. The van der Waals surface area contributed by atoms with Gasteiger partial charge in [0.1, 0.15) is 5.82 Å². The summed E-state index contributed by atoms with van der Waals surface area (Å²) in [4.78, 5) is 0. The van der Waals surface area contributed by atoms with Gasteiger partial charge in [-0.15, -0.1) is 0 Å². The molecule has 0 radical (unpaired) electrons. The normalized spacial score (nSPS) is 13.1. The van der Waals surface area contributed by atoms with Crippen molar-refractivity contribution in [2.75, 3.05) is 0 Å². The molecule has 1 aliphatic carbocycles. The van der Waals surface area contributed by atoms with Crippen molar-refractivity contribution in [1.82, 2.24) is 0 Å². The maximum absolute atomic E-state index is 14.9. The van der Waals surface area contributed by atoms with Gasteiger partial charge in [-0.2, -0.15) is 0 Å². The first kappa shape index (κ1) is 19.0. The number of rotatable bonds is 1. The minimum absolute atomic E-state index is 0.169. The first-order valence-corrected chi connectivity index (χ1v) is 9.22. The third-order valence-corrected chi connectivity index (χ3v) is 4.36. The van der Waals surface area contributed by atoms with Crippen LogP contribution in [0.15, 0.2) is 42.5 Å². The predicted molar refractivity (Wildman–Crippen MR) is 106 cm³/mol. The second-order valence-corrected chi connectivity index (χ2v) is 6.21. The maximum atomic E-state index is 14.9. The van der Waals surface area contributed by atoms with Crippen LogP contribution in [0.1, 0.15) is 67.3 Å². The number of aryl methyl sites for hydroxylation is 2. The highest BCUT2D eigenvalue weighted by Gasteiger charge is 2.15. The number of hydrogen-bond donors (Lipinski definition) is 0. The Morgan fingerprint density at radius 2 is 1.60 bits per heavy atom. The van der Waals surface area contributed by atoms with Gasteiger partial charge in [-0.05, 0) is 68.9 Å². The number of hydrogen-bond acceptors (Lipinski definition) is 0. The maximum Gasteiger partial charge on any atom is 0.146 e. The average molecular weight is 334 g/mol. The molecule has 130 valence electrons. The molecule has 3 rings (SSSR count). The van der Waals surface area contributed by atoms with Crippen molar-refractivity contribution < 1.29 is 4.39 Å². The summed E-state index contributed by atoms with van der Waals surface area (Å²) >= 11 is 0. The Morgan fingerprint density at radius 1 is 0.880 bits per heavy atom. The highest BCUT2D eigenvalue weighted by molar-refractivity contribution is 5.71. The molecule has 1 heteroatoms. The van der Waals surface area contributed by atoms with Crippen LogP contribution in [-0.2, 0) is 0 Å². The van der Waals surface area contributed by atoms with Gasteiger partial charge in [0.25, 0.3) is 0 Å². The smallest absolute Gasteiger partial charge is 0.146 e. The molecule has 0 aromatic heterocycles. The van der Waals surface area contributed by atoms with Gasteiger partial charge in [0.15, 0.2) is 0 Å². The van der Waals surface area contributed by atoms with Gasteiger partial charge in [0, 0.05) is 11.1 Å². The second-order valence-electron chi connectivity index (χ2n) is 6.21. The zero-order valence-corrected chi connectivity index (χ0v) is 15.7. The Morgan fingerprint density at radius 3 is 2.24 bits per heavy atom. The molecule has 2 aromatic carbocycles. The fraction of sp³-hybridized carbons (Fsp3) is 0.333. The van der Waals surface area contributed by atoms with Crippen LogP contribution in [0.5, 0.6) is 0 Å². The summed E-state index contributed by atoms with van der Waals surface area (Å²) in [7, 11) is 0. The van der Waals surface area contributed by atoms with Crippen molar-refractivity contribution in [3.63, 3.8) is 0 Å². The molecule has 0 nitrogen and oxygen atoms in total. The van der Waals surface area contributed by atoms with E-state index in [-0.39, 0.29) is 5.82 Å². The van der Waals surface area contributed by atoms with Crippen molar-refractivity contribution in [2.45, 2.75) is 53.4 Å². The summed E-state index contributed by atoms with van der Waals surface area (Å²) in [6.07, 6.45) is 6.55. The molecule has 25 heavy (non-hydrogen) atoms. The molecule has 0 spiro atoms. The van der Waals surface area contributed by atoms with Crippen LogP contribution in [0.2, 0.25) is 0 Å². The van der Waals surface area contributed by atoms with Gasteiger partial charge < -0.3 is 0 Å². The van der Waals surface area contributed by atoms with Gasteiger partial charge in [0.2, 0.25) is 0 Å². The second kappa shape index (κ2) is 9.23. The van der Waals surface area contributed by atoms with E-state index in [0.717, 1.165) is 41.5 Å². The van der Waals surface area contributed by atoms with E-state index < -0.39 is 0 Å². The number of benzene rings is 2. The lowest BCUT2D eigenvalue weighted by Gasteiger charge is -2.16. The van der Waals surface area contributed by atoms with E-state index >= 15 is 0 Å². The highest BCUT2D eigenvalue weighted by atomic mass is 19.1. The van der Waals surface area contributed by atoms with Crippen LogP contribution < -0.4 is 0 Å². The van der Waals surface area contributed by atoms with Crippen LogP contribution in [0.25, 0.3) is 5.57 Å². The zero-order valence-electron chi connectivity index (χ0n) is 15.7. The first-order chi connectivity index (χ1) is 12.1. The molecule has 1 aliphatic rings. The van der Waals surface area contributed by atoms with E-state index in [1.807, 2.05) is 58.0 Å². The van der Waals surface area contributed by atoms with Crippen molar-refractivity contribution in [2.24, 2.45) is 0 Å². The van der Waals surface area contributed by atoms with Gasteiger partial charge in [-0.3, -0.25) is 0 Å². The van der Waals surface area contributed by atoms with E-state index in [2.05, 4.69) is 17.9 Å². The van der Waals surface area contributed by atoms with Crippen LogP contribution in [0, 0.1) is 31.5 Å². The quantitative estimate of drug-likeness (QED) is 0.502. The van der Waals surface area contributed by atoms with Crippen molar-refractivity contribution >= 4 is 5.57 Å². The summed E-state index contributed by atoms with van der Waals surface area (Å²) < 4.78 is 14.9. The molecule has 0 aliphatic heterocycles.